The summed E-state index contributed by atoms with van der Waals surface area (Å²) in [6, 6.07) is 14.1. The van der Waals surface area contributed by atoms with Gasteiger partial charge in [0.1, 0.15) is 11.6 Å². The minimum atomic E-state index is -0.0859. The lowest BCUT2D eigenvalue weighted by atomic mass is 9.79. The molecule has 0 spiro atoms. The number of fused-ring (bicyclic) bond motifs is 1. The number of phenols is 1. The van der Waals surface area contributed by atoms with E-state index in [0.717, 1.165) is 89.3 Å². The number of rotatable bonds is 9. The van der Waals surface area contributed by atoms with Crippen LogP contribution < -0.4 is 10.9 Å². The molecule has 2 aliphatic heterocycles. The standard InChI is InChI=1S/C33H48N6O2/c1-5-9-30(38-18-8-16-34-17-21-38)31-35-29-22-25(12-13-28(29)32(41)39(31)6-2)24-37-19-14-33(15-20-37,36(3)4)26-10-7-11-27(40)23-26/h7,10-13,22-23,30,34,40H,5-6,8-9,14-21,24H2,1-4H3. The van der Waals surface area contributed by atoms with E-state index in [4.69, 9.17) is 4.98 Å². The van der Waals surface area contributed by atoms with Gasteiger partial charge in [0.25, 0.3) is 5.56 Å². The Morgan fingerprint density at radius 1 is 1.05 bits per heavy atom. The molecule has 3 heterocycles. The van der Waals surface area contributed by atoms with Gasteiger partial charge in [0.05, 0.1) is 16.9 Å². The van der Waals surface area contributed by atoms with Crippen molar-refractivity contribution in [2.24, 2.45) is 0 Å². The molecule has 2 aliphatic rings. The van der Waals surface area contributed by atoms with Gasteiger partial charge in [-0.05, 0) is 88.6 Å². The van der Waals surface area contributed by atoms with Gasteiger partial charge in [-0.3, -0.25) is 24.1 Å². The van der Waals surface area contributed by atoms with Crippen molar-refractivity contribution in [2.45, 2.75) is 70.6 Å². The van der Waals surface area contributed by atoms with Crippen LogP contribution in [0.3, 0.4) is 0 Å². The second-order valence-electron chi connectivity index (χ2n) is 12.1. The van der Waals surface area contributed by atoms with E-state index in [1.807, 2.05) is 22.8 Å². The van der Waals surface area contributed by atoms with Crippen LogP contribution in [-0.4, -0.2) is 82.7 Å². The summed E-state index contributed by atoms with van der Waals surface area (Å²) in [4.78, 5) is 26.3. The Labute approximate surface area is 245 Å². The van der Waals surface area contributed by atoms with Gasteiger partial charge in [0.15, 0.2) is 0 Å². The summed E-state index contributed by atoms with van der Waals surface area (Å²) in [5.41, 5.74) is 3.19. The Morgan fingerprint density at radius 3 is 2.56 bits per heavy atom. The fourth-order valence-corrected chi connectivity index (χ4v) is 7.00. The summed E-state index contributed by atoms with van der Waals surface area (Å²) in [5.74, 6) is 1.25. The molecule has 5 rings (SSSR count). The summed E-state index contributed by atoms with van der Waals surface area (Å²) in [6.07, 6.45) is 5.15. The predicted octanol–water partition coefficient (Wildman–Crippen LogP) is 4.31. The molecule has 0 aliphatic carbocycles. The van der Waals surface area contributed by atoms with Crippen LogP contribution in [0.4, 0.5) is 0 Å². The zero-order valence-electron chi connectivity index (χ0n) is 25.4. The van der Waals surface area contributed by atoms with Crippen molar-refractivity contribution in [3.8, 4) is 5.75 Å². The number of likely N-dealkylation sites (tertiary alicyclic amines) is 1. The van der Waals surface area contributed by atoms with Gasteiger partial charge in [-0.2, -0.15) is 0 Å². The lowest BCUT2D eigenvalue weighted by molar-refractivity contribution is 0.0506. The van der Waals surface area contributed by atoms with E-state index in [-0.39, 0.29) is 17.1 Å². The SMILES string of the molecule is CCCC(c1nc2cc(CN3CCC(c4cccc(O)c4)(N(C)C)CC3)ccc2c(=O)n1CC)N1CCCNCC1. The fraction of sp³-hybridized carbons (Fsp3) is 0.576. The highest BCUT2D eigenvalue weighted by atomic mass is 16.3. The Bertz CT molecular complexity index is 1370. The van der Waals surface area contributed by atoms with Gasteiger partial charge in [0.2, 0.25) is 0 Å². The van der Waals surface area contributed by atoms with Crippen molar-refractivity contribution < 1.29 is 5.11 Å². The van der Waals surface area contributed by atoms with Gasteiger partial charge in [-0.1, -0.05) is 31.5 Å². The molecule has 1 unspecified atom stereocenters. The van der Waals surface area contributed by atoms with Crippen LogP contribution in [0, 0.1) is 0 Å². The summed E-state index contributed by atoms with van der Waals surface area (Å²) < 4.78 is 1.91. The lowest BCUT2D eigenvalue weighted by Crippen LogP contribution is -2.50. The van der Waals surface area contributed by atoms with Crippen LogP contribution in [-0.2, 0) is 18.6 Å². The fourth-order valence-electron chi connectivity index (χ4n) is 7.00. The molecule has 3 aromatic rings. The molecule has 2 saturated heterocycles. The highest BCUT2D eigenvalue weighted by molar-refractivity contribution is 5.78. The number of aromatic hydroxyl groups is 1. The number of hydrogen-bond donors (Lipinski definition) is 2. The van der Waals surface area contributed by atoms with Gasteiger partial charge in [-0.15, -0.1) is 0 Å². The predicted molar refractivity (Wildman–Crippen MR) is 166 cm³/mol. The summed E-state index contributed by atoms with van der Waals surface area (Å²) >= 11 is 0. The second-order valence-corrected chi connectivity index (χ2v) is 12.1. The zero-order valence-corrected chi connectivity index (χ0v) is 25.4. The van der Waals surface area contributed by atoms with Crippen LogP contribution in [0.1, 0.15) is 68.9 Å². The number of phenolic OH excluding ortho intramolecular Hbond substituents is 1. The molecule has 8 heteroatoms. The Balaban J connectivity index is 1.40. The molecule has 0 saturated carbocycles. The zero-order chi connectivity index (χ0) is 29.0. The van der Waals surface area contributed by atoms with Crippen molar-refractivity contribution in [3.63, 3.8) is 0 Å². The van der Waals surface area contributed by atoms with E-state index >= 15 is 0 Å². The maximum atomic E-state index is 13.7. The van der Waals surface area contributed by atoms with Crippen LogP contribution >= 0.6 is 0 Å². The van der Waals surface area contributed by atoms with Crippen molar-refractivity contribution in [3.05, 3.63) is 69.8 Å². The maximum Gasteiger partial charge on any atom is 0.261 e. The number of nitrogens with zero attached hydrogens (tertiary/aromatic N) is 5. The van der Waals surface area contributed by atoms with Gasteiger partial charge < -0.3 is 10.4 Å². The summed E-state index contributed by atoms with van der Waals surface area (Å²) in [6.45, 7) is 11.7. The van der Waals surface area contributed by atoms with Gasteiger partial charge in [-0.25, -0.2) is 4.98 Å². The molecule has 2 N–H and O–H groups in total. The average molecular weight is 561 g/mol. The highest BCUT2D eigenvalue weighted by Crippen LogP contribution is 2.39. The number of benzene rings is 2. The lowest BCUT2D eigenvalue weighted by Gasteiger charge is -2.46. The largest absolute Gasteiger partial charge is 0.508 e. The Hall–Kier alpha value is -2.78. The minimum Gasteiger partial charge on any atom is -0.508 e. The van der Waals surface area contributed by atoms with Crippen LogP contribution in [0.2, 0.25) is 0 Å². The van der Waals surface area contributed by atoms with E-state index in [2.05, 4.69) is 66.2 Å². The van der Waals surface area contributed by atoms with Crippen molar-refractivity contribution in [2.75, 3.05) is 53.4 Å². The maximum absolute atomic E-state index is 13.7. The molecule has 1 atom stereocenters. The molecule has 1 aromatic heterocycles. The number of hydrogen-bond acceptors (Lipinski definition) is 7. The molecule has 8 nitrogen and oxygen atoms in total. The van der Waals surface area contributed by atoms with Gasteiger partial charge in [0, 0.05) is 51.4 Å². The third-order valence-electron chi connectivity index (χ3n) is 9.37. The molecule has 2 aromatic carbocycles. The minimum absolute atomic E-state index is 0.0768. The second kappa shape index (κ2) is 13.0. The first-order valence-electron chi connectivity index (χ1n) is 15.5. The smallest absolute Gasteiger partial charge is 0.261 e. The van der Waals surface area contributed by atoms with E-state index in [1.165, 1.54) is 11.1 Å². The quantitative estimate of drug-likeness (QED) is 0.404. The van der Waals surface area contributed by atoms with Crippen molar-refractivity contribution in [1.82, 2.24) is 29.6 Å². The van der Waals surface area contributed by atoms with Crippen LogP contribution in [0.15, 0.2) is 47.3 Å². The first-order valence-corrected chi connectivity index (χ1v) is 15.5. The molecular weight excluding hydrogens is 512 g/mol. The number of piperidine rings is 1. The number of nitrogens with one attached hydrogen (secondary N) is 1. The molecule has 222 valence electrons. The summed E-state index contributed by atoms with van der Waals surface area (Å²) in [5, 5.41) is 14.4. The molecular formula is C33H48N6O2. The topological polar surface area (TPSA) is 76.9 Å². The monoisotopic (exact) mass is 560 g/mol. The van der Waals surface area contributed by atoms with Crippen molar-refractivity contribution >= 4 is 10.9 Å². The third kappa shape index (κ3) is 6.21. The van der Waals surface area contributed by atoms with E-state index in [1.54, 1.807) is 6.07 Å². The summed E-state index contributed by atoms with van der Waals surface area (Å²) in [7, 11) is 4.28. The van der Waals surface area contributed by atoms with E-state index in [9.17, 15) is 9.90 Å². The third-order valence-corrected chi connectivity index (χ3v) is 9.37. The molecule has 41 heavy (non-hydrogen) atoms. The molecule has 0 radical (unpaired) electrons. The van der Waals surface area contributed by atoms with E-state index in [0.29, 0.717) is 17.7 Å². The molecule has 0 amide bonds. The number of aromatic nitrogens is 2. The van der Waals surface area contributed by atoms with Crippen LogP contribution in [0.25, 0.3) is 10.9 Å². The van der Waals surface area contributed by atoms with Gasteiger partial charge >= 0.3 is 0 Å². The van der Waals surface area contributed by atoms with E-state index < -0.39 is 0 Å². The Kier molecular flexibility index (Phi) is 9.44. The van der Waals surface area contributed by atoms with Crippen molar-refractivity contribution in [1.29, 1.82) is 0 Å². The first kappa shape index (κ1) is 29.7. The average Bonchev–Trinajstić information content (AvgIpc) is 3.26. The highest BCUT2D eigenvalue weighted by Gasteiger charge is 2.38. The first-order chi connectivity index (χ1) is 19.9. The Morgan fingerprint density at radius 2 is 1.85 bits per heavy atom. The molecule has 2 fully saturated rings. The normalized spacial score (nSPS) is 19.4. The van der Waals surface area contributed by atoms with Crippen LogP contribution in [0.5, 0.6) is 5.75 Å². The molecule has 0 bridgehead atoms.